The predicted octanol–water partition coefficient (Wildman–Crippen LogP) is 2.13. The predicted molar refractivity (Wildman–Crippen MR) is 104 cm³/mol. The van der Waals surface area contributed by atoms with Gasteiger partial charge in [0.15, 0.2) is 5.16 Å². The fourth-order valence-corrected chi connectivity index (χ4v) is 3.42. The Labute approximate surface area is 164 Å². The molecule has 0 aliphatic rings. The normalized spacial score (nSPS) is 11.9. The minimum absolute atomic E-state index is 0.0248. The number of benzene rings is 1. The number of para-hydroxylation sites is 1. The van der Waals surface area contributed by atoms with Crippen LogP contribution in [0.5, 0.6) is 0 Å². The lowest BCUT2D eigenvalue weighted by Gasteiger charge is -2.13. The van der Waals surface area contributed by atoms with E-state index in [0.717, 1.165) is 11.8 Å². The molecule has 1 aromatic carbocycles. The Hall–Kier alpha value is -3.07. The summed E-state index contributed by atoms with van der Waals surface area (Å²) < 4.78 is 11.2. The average molecular weight is 401 g/mol. The van der Waals surface area contributed by atoms with Crippen molar-refractivity contribution < 1.29 is 18.7 Å². The van der Waals surface area contributed by atoms with Crippen LogP contribution in [0.25, 0.3) is 10.9 Å². The van der Waals surface area contributed by atoms with Gasteiger partial charge in [-0.25, -0.2) is 4.98 Å². The maximum Gasteiger partial charge on any atom is 0.325 e. The molecule has 9 heteroatoms. The zero-order chi connectivity index (χ0) is 20.1. The van der Waals surface area contributed by atoms with Crippen LogP contribution < -0.4 is 10.9 Å². The third kappa shape index (κ3) is 4.42. The summed E-state index contributed by atoms with van der Waals surface area (Å²) in [6.45, 7) is 1.53. The molecule has 1 amide bonds. The first-order valence-electron chi connectivity index (χ1n) is 8.51. The number of nitrogens with zero attached hydrogens (tertiary/aromatic N) is 2. The number of nitrogens with one attached hydrogen (secondary N) is 1. The monoisotopic (exact) mass is 401 g/mol. The number of carbonyl (C=O) groups excluding carboxylic acids is 2. The number of thioether (sulfide) groups is 1. The molecule has 3 aromatic rings. The van der Waals surface area contributed by atoms with Crippen LogP contribution in [0.2, 0.25) is 0 Å². The Kier molecular flexibility index (Phi) is 6.15. The summed E-state index contributed by atoms with van der Waals surface area (Å²) in [5.41, 5.74) is 0.142. The molecule has 0 spiro atoms. The van der Waals surface area contributed by atoms with Gasteiger partial charge in [0.25, 0.3) is 5.56 Å². The van der Waals surface area contributed by atoms with Gasteiger partial charge < -0.3 is 14.5 Å². The van der Waals surface area contributed by atoms with Crippen LogP contribution in [0.3, 0.4) is 0 Å². The van der Waals surface area contributed by atoms with E-state index in [0.29, 0.717) is 16.7 Å². The highest BCUT2D eigenvalue weighted by atomic mass is 32.2. The van der Waals surface area contributed by atoms with Gasteiger partial charge in [0.05, 0.1) is 36.1 Å². The standard InChI is InChI=1S/C19H19N3O5S/c1-12(15-8-5-9-27-15)20-16(23)11-28-19-21-14-7-4-3-6-13(14)18(25)22(19)10-17(24)26-2/h3-9,12H,10-11H2,1-2H3,(H,20,23)/t12-/m0/s1. The van der Waals surface area contributed by atoms with Gasteiger partial charge in [-0.05, 0) is 31.2 Å². The number of carbonyl (C=O) groups is 2. The molecule has 0 aliphatic carbocycles. The van der Waals surface area contributed by atoms with E-state index in [9.17, 15) is 14.4 Å². The van der Waals surface area contributed by atoms with E-state index in [-0.39, 0.29) is 35.0 Å². The summed E-state index contributed by atoms with van der Waals surface area (Å²) in [5, 5.41) is 3.48. The molecular weight excluding hydrogens is 382 g/mol. The molecule has 146 valence electrons. The third-order valence-corrected chi connectivity index (χ3v) is 5.00. The van der Waals surface area contributed by atoms with Crippen molar-refractivity contribution in [3.05, 3.63) is 58.8 Å². The summed E-state index contributed by atoms with van der Waals surface area (Å²) in [4.78, 5) is 41.2. The number of ether oxygens (including phenoxy) is 1. The molecule has 28 heavy (non-hydrogen) atoms. The van der Waals surface area contributed by atoms with Crippen LogP contribution in [-0.2, 0) is 20.9 Å². The van der Waals surface area contributed by atoms with Gasteiger partial charge in [0, 0.05) is 0 Å². The van der Waals surface area contributed by atoms with Crippen LogP contribution in [0.4, 0.5) is 0 Å². The minimum atomic E-state index is -0.572. The van der Waals surface area contributed by atoms with Gasteiger partial charge in [0.2, 0.25) is 5.91 Å². The van der Waals surface area contributed by atoms with E-state index in [2.05, 4.69) is 15.0 Å². The SMILES string of the molecule is COC(=O)Cn1c(SCC(=O)N[C@@H](C)c2ccco2)nc2ccccc2c1=O. The van der Waals surface area contributed by atoms with Crippen molar-refractivity contribution >= 4 is 34.5 Å². The van der Waals surface area contributed by atoms with Crippen molar-refractivity contribution in [2.24, 2.45) is 0 Å². The Balaban J connectivity index is 1.80. The van der Waals surface area contributed by atoms with Crippen LogP contribution in [0, 0.1) is 0 Å². The highest BCUT2D eigenvalue weighted by molar-refractivity contribution is 7.99. The zero-order valence-corrected chi connectivity index (χ0v) is 16.2. The molecule has 8 nitrogen and oxygen atoms in total. The van der Waals surface area contributed by atoms with Crippen molar-refractivity contribution in [1.29, 1.82) is 0 Å². The molecule has 1 N–H and O–H groups in total. The smallest absolute Gasteiger partial charge is 0.325 e. The molecule has 0 unspecified atom stereocenters. The third-order valence-electron chi connectivity index (χ3n) is 4.02. The lowest BCUT2D eigenvalue weighted by atomic mass is 10.2. The van der Waals surface area contributed by atoms with Gasteiger partial charge in [-0.3, -0.25) is 19.0 Å². The van der Waals surface area contributed by atoms with Crippen molar-refractivity contribution in [1.82, 2.24) is 14.9 Å². The molecule has 0 fully saturated rings. The van der Waals surface area contributed by atoms with Crippen LogP contribution in [-0.4, -0.2) is 34.3 Å². The van der Waals surface area contributed by atoms with Gasteiger partial charge in [0.1, 0.15) is 12.3 Å². The molecule has 2 aromatic heterocycles. The van der Waals surface area contributed by atoms with E-state index >= 15 is 0 Å². The molecule has 0 saturated carbocycles. The Bertz CT molecular complexity index is 1050. The van der Waals surface area contributed by atoms with E-state index < -0.39 is 5.97 Å². The maximum atomic E-state index is 12.8. The van der Waals surface area contributed by atoms with Crippen molar-refractivity contribution in [2.45, 2.75) is 24.7 Å². The van der Waals surface area contributed by atoms with Crippen LogP contribution in [0.15, 0.2) is 57.0 Å². The number of esters is 1. The maximum absolute atomic E-state index is 12.8. The van der Waals surface area contributed by atoms with Crippen LogP contribution >= 0.6 is 11.8 Å². The molecule has 1 atom stereocenters. The average Bonchev–Trinajstić information content (AvgIpc) is 3.23. The van der Waals surface area contributed by atoms with E-state index in [1.807, 2.05) is 6.92 Å². The number of furan rings is 1. The van der Waals surface area contributed by atoms with Crippen molar-refractivity contribution in [3.63, 3.8) is 0 Å². The molecule has 2 heterocycles. The first kappa shape index (κ1) is 19.7. The number of hydrogen-bond acceptors (Lipinski definition) is 7. The topological polar surface area (TPSA) is 103 Å². The molecule has 3 rings (SSSR count). The van der Waals surface area contributed by atoms with Gasteiger partial charge >= 0.3 is 5.97 Å². The highest BCUT2D eigenvalue weighted by Gasteiger charge is 2.17. The number of hydrogen-bond donors (Lipinski definition) is 1. The molecule has 0 aliphatic heterocycles. The highest BCUT2D eigenvalue weighted by Crippen LogP contribution is 2.19. The lowest BCUT2D eigenvalue weighted by Crippen LogP contribution is -2.30. The quantitative estimate of drug-likeness (QED) is 0.367. The second-order valence-corrected chi connectivity index (χ2v) is 6.91. The fourth-order valence-electron chi connectivity index (χ4n) is 2.61. The summed E-state index contributed by atoms with van der Waals surface area (Å²) in [6.07, 6.45) is 1.54. The minimum Gasteiger partial charge on any atom is -0.468 e. The molecule has 0 saturated heterocycles. The summed E-state index contributed by atoms with van der Waals surface area (Å²) >= 11 is 1.08. The first-order chi connectivity index (χ1) is 13.5. The number of fused-ring (bicyclic) bond motifs is 1. The van der Waals surface area contributed by atoms with E-state index in [4.69, 9.17) is 4.42 Å². The lowest BCUT2D eigenvalue weighted by molar-refractivity contribution is -0.141. The molecular formula is C19H19N3O5S. The molecule has 0 bridgehead atoms. The number of methoxy groups -OCH3 is 1. The van der Waals surface area contributed by atoms with Gasteiger partial charge in [-0.2, -0.15) is 0 Å². The van der Waals surface area contributed by atoms with Gasteiger partial charge in [-0.15, -0.1) is 0 Å². The Morgan fingerprint density at radius 1 is 1.29 bits per heavy atom. The summed E-state index contributed by atoms with van der Waals surface area (Å²) in [7, 11) is 1.25. The number of aromatic nitrogens is 2. The van der Waals surface area contributed by atoms with E-state index in [1.54, 1.807) is 36.4 Å². The fraction of sp³-hybridized carbons (Fsp3) is 0.263. The summed E-state index contributed by atoms with van der Waals surface area (Å²) in [5.74, 6) is -0.153. The first-order valence-corrected chi connectivity index (χ1v) is 9.50. The van der Waals surface area contributed by atoms with Crippen molar-refractivity contribution in [2.75, 3.05) is 12.9 Å². The second-order valence-electron chi connectivity index (χ2n) is 5.97. The largest absolute Gasteiger partial charge is 0.468 e. The Morgan fingerprint density at radius 3 is 2.79 bits per heavy atom. The zero-order valence-electron chi connectivity index (χ0n) is 15.4. The molecule has 0 radical (unpaired) electrons. The second kappa shape index (κ2) is 8.75. The van der Waals surface area contributed by atoms with Crippen LogP contribution in [0.1, 0.15) is 18.7 Å². The van der Waals surface area contributed by atoms with Gasteiger partial charge in [-0.1, -0.05) is 23.9 Å². The number of rotatable bonds is 7. The number of amides is 1. The Morgan fingerprint density at radius 2 is 2.07 bits per heavy atom. The van der Waals surface area contributed by atoms with Crippen molar-refractivity contribution in [3.8, 4) is 0 Å². The summed E-state index contributed by atoms with van der Waals surface area (Å²) in [6, 6.07) is 10.1. The van der Waals surface area contributed by atoms with E-state index in [1.165, 1.54) is 17.9 Å².